The number of nitrogens with zero attached hydrogens (tertiary/aromatic N) is 5. The van der Waals surface area contributed by atoms with Gasteiger partial charge in [0.05, 0.1) is 24.9 Å². The highest BCUT2D eigenvalue weighted by Crippen LogP contribution is 2.18. The Bertz CT molecular complexity index is 517. The number of hydrogen-bond donors (Lipinski definition) is 1. The minimum absolute atomic E-state index is 0.0384. The first kappa shape index (κ1) is 16.7. The number of hydrogen-bond acceptors (Lipinski definition) is 7. The number of tetrazole rings is 1. The van der Waals surface area contributed by atoms with Crippen molar-refractivity contribution < 1.29 is 14.3 Å². The zero-order valence-electron chi connectivity index (χ0n) is 12.7. The molecule has 1 N–H and O–H groups in total. The topological polar surface area (TPSA) is 102 Å². The van der Waals surface area contributed by atoms with E-state index in [1.807, 2.05) is 0 Å². The van der Waals surface area contributed by atoms with Gasteiger partial charge < -0.3 is 15.0 Å². The molecule has 1 aromatic heterocycles. The summed E-state index contributed by atoms with van der Waals surface area (Å²) in [6.45, 7) is 1.41. The molecule has 1 aliphatic rings. The zero-order chi connectivity index (χ0) is 15.9. The molecule has 0 spiro atoms. The van der Waals surface area contributed by atoms with Crippen LogP contribution in [0.1, 0.15) is 12.8 Å². The van der Waals surface area contributed by atoms with Crippen molar-refractivity contribution in [1.82, 2.24) is 30.4 Å². The van der Waals surface area contributed by atoms with Crippen LogP contribution in [0.25, 0.3) is 0 Å². The van der Waals surface area contributed by atoms with E-state index in [9.17, 15) is 9.59 Å². The van der Waals surface area contributed by atoms with E-state index in [1.165, 1.54) is 23.7 Å². The van der Waals surface area contributed by atoms with Crippen molar-refractivity contribution in [1.29, 1.82) is 0 Å². The number of thioether (sulfide) groups is 1. The molecule has 0 unspecified atom stereocenters. The van der Waals surface area contributed by atoms with Crippen molar-refractivity contribution in [3.63, 3.8) is 0 Å². The van der Waals surface area contributed by atoms with Gasteiger partial charge in [0.2, 0.25) is 17.0 Å². The number of carbonyl (C=O) groups excluding carboxylic acids is 2. The van der Waals surface area contributed by atoms with Crippen LogP contribution < -0.4 is 5.32 Å². The molecule has 1 aliphatic heterocycles. The van der Waals surface area contributed by atoms with Gasteiger partial charge in [-0.15, -0.1) is 5.10 Å². The van der Waals surface area contributed by atoms with Crippen LogP contribution in [0.4, 0.5) is 0 Å². The van der Waals surface area contributed by atoms with E-state index in [0.29, 0.717) is 11.7 Å². The summed E-state index contributed by atoms with van der Waals surface area (Å²) in [5.41, 5.74) is 0. The lowest BCUT2D eigenvalue weighted by Gasteiger charge is -2.15. The highest BCUT2D eigenvalue weighted by Gasteiger charge is 2.20. The summed E-state index contributed by atoms with van der Waals surface area (Å²) in [4.78, 5) is 24.6. The highest BCUT2D eigenvalue weighted by molar-refractivity contribution is 7.99. The maximum absolute atomic E-state index is 12.0. The molecule has 0 saturated carbocycles. The summed E-state index contributed by atoms with van der Waals surface area (Å²) in [5, 5.41) is 14.6. The molecule has 0 aromatic carbocycles. The Morgan fingerprint density at radius 3 is 3.05 bits per heavy atom. The van der Waals surface area contributed by atoms with Gasteiger partial charge in [0.1, 0.15) is 0 Å². The Morgan fingerprint density at radius 2 is 2.36 bits per heavy atom. The van der Waals surface area contributed by atoms with Crippen LogP contribution in [0.3, 0.4) is 0 Å². The molecule has 122 valence electrons. The van der Waals surface area contributed by atoms with Gasteiger partial charge in [0, 0.05) is 20.7 Å². The summed E-state index contributed by atoms with van der Waals surface area (Å²) < 4.78 is 7.22. The second kappa shape index (κ2) is 8.08. The predicted octanol–water partition coefficient (Wildman–Crippen LogP) is -0.851. The first-order valence-corrected chi connectivity index (χ1v) is 8.04. The molecule has 1 saturated heterocycles. The number of likely N-dealkylation sites (N-methyl/N-ethyl adjacent to an activating group) is 2. The minimum Gasteiger partial charge on any atom is -0.376 e. The van der Waals surface area contributed by atoms with Crippen LogP contribution in [-0.2, 0) is 20.9 Å². The summed E-state index contributed by atoms with van der Waals surface area (Å²) in [6.07, 6.45) is 2.19. The molecule has 2 heterocycles. The van der Waals surface area contributed by atoms with Crippen molar-refractivity contribution in [2.45, 2.75) is 30.6 Å². The molecule has 0 aliphatic carbocycles. The lowest BCUT2D eigenvalue weighted by Crippen LogP contribution is -2.37. The Hall–Kier alpha value is -1.68. The Kier molecular flexibility index (Phi) is 6.13. The van der Waals surface area contributed by atoms with Gasteiger partial charge in [0.25, 0.3) is 0 Å². The number of ether oxygens (including phenoxy) is 1. The summed E-state index contributed by atoms with van der Waals surface area (Å²) in [7, 11) is 3.13. The molecule has 22 heavy (non-hydrogen) atoms. The number of carbonyl (C=O) groups is 2. The van der Waals surface area contributed by atoms with Gasteiger partial charge in [-0.2, -0.15) is 0 Å². The van der Waals surface area contributed by atoms with Crippen LogP contribution in [0, 0.1) is 0 Å². The summed E-state index contributed by atoms with van der Waals surface area (Å²) >= 11 is 1.26. The maximum atomic E-state index is 12.0. The number of nitrogens with one attached hydrogen (secondary N) is 1. The molecule has 1 aromatic rings. The molecular formula is C12H20N6O3S. The van der Waals surface area contributed by atoms with E-state index in [2.05, 4.69) is 20.8 Å². The van der Waals surface area contributed by atoms with Crippen LogP contribution >= 0.6 is 11.8 Å². The molecule has 0 radical (unpaired) electrons. The average molecular weight is 328 g/mol. The van der Waals surface area contributed by atoms with Crippen LogP contribution in [-0.4, -0.2) is 76.0 Å². The van der Waals surface area contributed by atoms with Crippen molar-refractivity contribution in [3.05, 3.63) is 0 Å². The maximum Gasteiger partial charge on any atom is 0.239 e. The SMILES string of the molecule is CNC(=O)CN(C)C(=O)CSc1nnnn1C[C@H]1CCCO1. The molecule has 2 rings (SSSR count). The Balaban J connectivity index is 1.82. The fourth-order valence-corrected chi connectivity index (χ4v) is 2.84. The first-order valence-electron chi connectivity index (χ1n) is 7.05. The largest absolute Gasteiger partial charge is 0.376 e. The quantitative estimate of drug-likeness (QED) is 0.650. The van der Waals surface area contributed by atoms with Crippen molar-refractivity contribution in [3.8, 4) is 0 Å². The van der Waals surface area contributed by atoms with Gasteiger partial charge in [-0.05, 0) is 23.3 Å². The molecule has 2 amide bonds. The van der Waals surface area contributed by atoms with Gasteiger partial charge >= 0.3 is 0 Å². The molecule has 9 nitrogen and oxygen atoms in total. The summed E-state index contributed by atoms with van der Waals surface area (Å²) in [5.74, 6) is -0.177. The van der Waals surface area contributed by atoms with Gasteiger partial charge in [0.15, 0.2) is 0 Å². The first-order chi connectivity index (χ1) is 10.6. The van der Waals surface area contributed by atoms with Crippen LogP contribution in [0.15, 0.2) is 5.16 Å². The van der Waals surface area contributed by atoms with E-state index >= 15 is 0 Å². The fraction of sp³-hybridized carbons (Fsp3) is 0.750. The molecule has 0 bridgehead atoms. The van der Waals surface area contributed by atoms with E-state index in [-0.39, 0.29) is 30.2 Å². The highest BCUT2D eigenvalue weighted by atomic mass is 32.2. The number of aromatic nitrogens is 4. The third kappa shape index (κ3) is 4.67. The molecule has 1 fully saturated rings. The van der Waals surface area contributed by atoms with E-state index in [1.54, 1.807) is 11.7 Å². The van der Waals surface area contributed by atoms with Gasteiger partial charge in [-0.3, -0.25) is 9.59 Å². The lowest BCUT2D eigenvalue weighted by atomic mass is 10.2. The molecule has 1 atom stereocenters. The third-order valence-electron chi connectivity index (χ3n) is 3.31. The minimum atomic E-state index is -0.205. The summed E-state index contributed by atoms with van der Waals surface area (Å²) in [6, 6.07) is 0. The Labute approximate surface area is 132 Å². The smallest absolute Gasteiger partial charge is 0.239 e. The van der Waals surface area contributed by atoms with Crippen molar-refractivity contribution >= 4 is 23.6 Å². The normalized spacial score (nSPS) is 17.5. The molecular weight excluding hydrogens is 308 g/mol. The van der Waals surface area contributed by atoms with Gasteiger partial charge in [-0.1, -0.05) is 11.8 Å². The van der Waals surface area contributed by atoms with Crippen LogP contribution in [0.5, 0.6) is 0 Å². The van der Waals surface area contributed by atoms with Crippen molar-refractivity contribution in [2.24, 2.45) is 0 Å². The number of rotatable bonds is 7. The second-order valence-electron chi connectivity index (χ2n) is 4.99. The standard InChI is InChI=1S/C12H20N6O3S/c1-13-10(19)7-17(2)11(20)8-22-12-14-15-16-18(12)6-9-4-3-5-21-9/h9H,3-8H2,1-2H3,(H,13,19)/t9-/m1/s1. The van der Waals surface area contributed by atoms with Gasteiger partial charge in [-0.25, -0.2) is 4.68 Å². The number of amides is 2. The lowest BCUT2D eigenvalue weighted by molar-refractivity contribution is -0.132. The second-order valence-corrected chi connectivity index (χ2v) is 5.93. The Morgan fingerprint density at radius 1 is 1.55 bits per heavy atom. The predicted molar refractivity (Wildman–Crippen MR) is 79.2 cm³/mol. The van der Waals surface area contributed by atoms with E-state index < -0.39 is 0 Å². The third-order valence-corrected chi connectivity index (χ3v) is 4.25. The molecule has 10 heteroatoms. The average Bonchev–Trinajstić information content (AvgIpc) is 3.17. The van der Waals surface area contributed by atoms with E-state index in [0.717, 1.165) is 19.4 Å². The van der Waals surface area contributed by atoms with Crippen LogP contribution in [0.2, 0.25) is 0 Å². The van der Waals surface area contributed by atoms with Crippen molar-refractivity contribution in [2.75, 3.05) is 33.0 Å². The fourth-order valence-electron chi connectivity index (χ4n) is 2.01. The zero-order valence-corrected chi connectivity index (χ0v) is 13.5. The monoisotopic (exact) mass is 328 g/mol. The van der Waals surface area contributed by atoms with E-state index in [4.69, 9.17) is 4.74 Å².